The second-order valence-corrected chi connectivity index (χ2v) is 4.85. The topological polar surface area (TPSA) is 86.9 Å². The number of aromatic amines is 1. The highest BCUT2D eigenvalue weighted by Crippen LogP contribution is 2.04. The number of anilines is 1. The quantitative estimate of drug-likeness (QED) is 0.677. The van der Waals surface area contributed by atoms with Crippen molar-refractivity contribution in [1.29, 1.82) is 0 Å². The van der Waals surface area contributed by atoms with Gasteiger partial charge in [0.1, 0.15) is 0 Å². The van der Waals surface area contributed by atoms with E-state index < -0.39 is 0 Å². The molecule has 2 aromatic heterocycles. The van der Waals surface area contributed by atoms with Crippen molar-refractivity contribution >= 4 is 11.6 Å². The number of amides is 1. The minimum absolute atomic E-state index is 0.158. The number of carbonyl (C=O) groups is 1. The molecule has 6 heteroatoms. The van der Waals surface area contributed by atoms with Crippen LogP contribution in [0, 0.1) is 0 Å². The van der Waals surface area contributed by atoms with Gasteiger partial charge in [-0.2, -0.15) is 0 Å². The third-order valence-corrected chi connectivity index (χ3v) is 3.23. The minimum Gasteiger partial charge on any atom is -0.384 e. The summed E-state index contributed by atoms with van der Waals surface area (Å²) in [5, 5.41) is 6.09. The Hall–Kier alpha value is -2.63. The van der Waals surface area contributed by atoms with Gasteiger partial charge in [-0.3, -0.25) is 14.6 Å². The molecule has 0 saturated carbocycles. The Bertz CT molecular complexity index is 667. The van der Waals surface area contributed by atoms with Gasteiger partial charge < -0.3 is 15.6 Å². The fraction of sp³-hybridized carbons (Fsp3) is 0.312. The Morgan fingerprint density at radius 1 is 1.27 bits per heavy atom. The molecule has 2 heterocycles. The zero-order valence-corrected chi connectivity index (χ0v) is 12.6. The average Bonchev–Trinajstić information content (AvgIpc) is 2.55. The number of nitrogens with zero attached hydrogens (tertiary/aromatic N) is 1. The van der Waals surface area contributed by atoms with Crippen LogP contribution in [-0.4, -0.2) is 29.0 Å². The molecule has 0 aliphatic heterocycles. The molecule has 0 unspecified atom stereocenters. The van der Waals surface area contributed by atoms with Gasteiger partial charge in [0.05, 0.1) is 11.3 Å². The summed E-state index contributed by atoms with van der Waals surface area (Å²) < 4.78 is 0. The number of pyridine rings is 2. The van der Waals surface area contributed by atoms with Crippen molar-refractivity contribution in [3.63, 3.8) is 0 Å². The lowest BCUT2D eigenvalue weighted by Gasteiger charge is -2.09. The number of H-pyrrole nitrogens is 1. The molecule has 0 aromatic carbocycles. The molecule has 2 aromatic rings. The Kier molecular flexibility index (Phi) is 5.71. The molecule has 6 nitrogen and oxygen atoms in total. The summed E-state index contributed by atoms with van der Waals surface area (Å²) >= 11 is 0. The van der Waals surface area contributed by atoms with Crippen molar-refractivity contribution in [1.82, 2.24) is 15.3 Å². The van der Waals surface area contributed by atoms with Crippen molar-refractivity contribution in [3.8, 4) is 0 Å². The average molecular weight is 300 g/mol. The van der Waals surface area contributed by atoms with E-state index in [1.807, 2.05) is 19.1 Å². The van der Waals surface area contributed by atoms with Crippen molar-refractivity contribution < 1.29 is 4.79 Å². The van der Waals surface area contributed by atoms with Gasteiger partial charge in [-0.1, -0.05) is 6.92 Å². The number of carbonyl (C=O) groups excluding carboxylic acids is 1. The predicted molar refractivity (Wildman–Crippen MR) is 86.1 cm³/mol. The molecule has 2 rings (SSSR count). The molecule has 3 N–H and O–H groups in total. The lowest BCUT2D eigenvalue weighted by Crippen LogP contribution is -2.28. The maximum Gasteiger partial charge on any atom is 0.253 e. The van der Waals surface area contributed by atoms with Crippen LogP contribution in [0.25, 0.3) is 0 Å². The standard InChI is InChI=1S/C16H20N4O2/c1-2-14-13(6-7-15(21)20-14)16(22)19-10-4-9-18-12-5-3-8-17-11-12/h3,5-8,11,18H,2,4,9-10H2,1H3,(H,19,22)(H,20,21). The summed E-state index contributed by atoms with van der Waals surface area (Å²) in [6.45, 7) is 3.21. The number of aromatic nitrogens is 2. The first-order chi connectivity index (χ1) is 10.7. The highest BCUT2D eigenvalue weighted by atomic mass is 16.1. The largest absolute Gasteiger partial charge is 0.384 e. The summed E-state index contributed by atoms with van der Waals surface area (Å²) in [6.07, 6.45) is 4.89. The second kappa shape index (κ2) is 7.97. The number of hydrogen-bond donors (Lipinski definition) is 3. The van der Waals surface area contributed by atoms with Gasteiger partial charge in [-0.15, -0.1) is 0 Å². The zero-order valence-electron chi connectivity index (χ0n) is 12.6. The molecule has 22 heavy (non-hydrogen) atoms. The molecular formula is C16H20N4O2. The number of rotatable bonds is 7. The lowest BCUT2D eigenvalue weighted by atomic mass is 10.1. The molecule has 0 radical (unpaired) electrons. The first-order valence-corrected chi connectivity index (χ1v) is 7.35. The molecule has 0 spiro atoms. The van der Waals surface area contributed by atoms with Crippen LogP contribution >= 0.6 is 0 Å². The molecule has 0 fully saturated rings. The van der Waals surface area contributed by atoms with Gasteiger partial charge in [0.15, 0.2) is 0 Å². The van der Waals surface area contributed by atoms with E-state index in [0.29, 0.717) is 24.2 Å². The lowest BCUT2D eigenvalue weighted by molar-refractivity contribution is 0.0952. The van der Waals surface area contributed by atoms with E-state index in [0.717, 1.165) is 18.7 Å². The minimum atomic E-state index is -0.186. The monoisotopic (exact) mass is 300 g/mol. The molecule has 116 valence electrons. The summed E-state index contributed by atoms with van der Waals surface area (Å²) in [6, 6.07) is 6.75. The van der Waals surface area contributed by atoms with Crippen LogP contribution < -0.4 is 16.2 Å². The van der Waals surface area contributed by atoms with E-state index in [4.69, 9.17) is 0 Å². The second-order valence-electron chi connectivity index (χ2n) is 4.85. The molecular weight excluding hydrogens is 280 g/mol. The molecule has 0 bridgehead atoms. The van der Waals surface area contributed by atoms with Crippen LogP contribution in [0.4, 0.5) is 5.69 Å². The van der Waals surface area contributed by atoms with Gasteiger partial charge in [0, 0.05) is 37.2 Å². The van der Waals surface area contributed by atoms with Gasteiger partial charge in [0.2, 0.25) is 5.56 Å². The summed E-state index contributed by atoms with van der Waals surface area (Å²) in [5.74, 6) is -0.158. The highest BCUT2D eigenvalue weighted by molar-refractivity contribution is 5.95. The van der Waals surface area contributed by atoms with Gasteiger partial charge in [-0.25, -0.2) is 0 Å². The molecule has 0 saturated heterocycles. The van der Waals surface area contributed by atoms with Crippen molar-refractivity contribution in [2.75, 3.05) is 18.4 Å². The predicted octanol–water partition coefficient (Wildman–Crippen LogP) is 1.56. The Balaban J connectivity index is 1.77. The summed E-state index contributed by atoms with van der Waals surface area (Å²) in [5.41, 5.74) is 1.97. The Labute approximate surface area is 129 Å². The summed E-state index contributed by atoms with van der Waals surface area (Å²) in [4.78, 5) is 30.1. The maximum atomic E-state index is 12.1. The van der Waals surface area contributed by atoms with E-state index in [1.54, 1.807) is 18.5 Å². The third kappa shape index (κ3) is 4.44. The van der Waals surface area contributed by atoms with Crippen molar-refractivity contribution in [2.24, 2.45) is 0 Å². The normalized spacial score (nSPS) is 10.2. The maximum absolute atomic E-state index is 12.1. The van der Waals surface area contributed by atoms with Crippen LogP contribution in [-0.2, 0) is 6.42 Å². The SMILES string of the molecule is CCc1[nH]c(=O)ccc1C(=O)NCCCNc1cccnc1. The number of hydrogen-bond acceptors (Lipinski definition) is 4. The Morgan fingerprint density at radius 2 is 2.14 bits per heavy atom. The molecule has 0 aliphatic carbocycles. The van der Waals surface area contributed by atoms with Crippen LogP contribution in [0.1, 0.15) is 29.4 Å². The molecule has 0 atom stereocenters. The van der Waals surface area contributed by atoms with Crippen LogP contribution in [0.2, 0.25) is 0 Å². The fourth-order valence-corrected chi connectivity index (χ4v) is 2.09. The van der Waals surface area contributed by atoms with Crippen LogP contribution in [0.3, 0.4) is 0 Å². The van der Waals surface area contributed by atoms with Gasteiger partial charge in [-0.05, 0) is 31.0 Å². The molecule has 0 aliphatic rings. The number of nitrogens with one attached hydrogen (secondary N) is 3. The third-order valence-electron chi connectivity index (χ3n) is 3.23. The Morgan fingerprint density at radius 3 is 2.86 bits per heavy atom. The van der Waals surface area contributed by atoms with Crippen LogP contribution in [0.5, 0.6) is 0 Å². The molecule has 1 amide bonds. The van der Waals surface area contributed by atoms with E-state index in [2.05, 4.69) is 20.6 Å². The zero-order chi connectivity index (χ0) is 15.8. The smallest absolute Gasteiger partial charge is 0.253 e. The fourth-order valence-electron chi connectivity index (χ4n) is 2.09. The van der Waals surface area contributed by atoms with E-state index in [-0.39, 0.29) is 11.5 Å². The summed E-state index contributed by atoms with van der Waals surface area (Å²) in [7, 11) is 0. The van der Waals surface area contributed by atoms with Gasteiger partial charge >= 0.3 is 0 Å². The van der Waals surface area contributed by atoms with E-state index in [1.165, 1.54) is 6.07 Å². The first kappa shape index (κ1) is 15.8. The van der Waals surface area contributed by atoms with Crippen molar-refractivity contribution in [3.05, 3.63) is 58.3 Å². The van der Waals surface area contributed by atoms with Crippen molar-refractivity contribution in [2.45, 2.75) is 19.8 Å². The van der Waals surface area contributed by atoms with E-state index >= 15 is 0 Å². The first-order valence-electron chi connectivity index (χ1n) is 7.35. The highest BCUT2D eigenvalue weighted by Gasteiger charge is 2.10. The van der Waals surface area contributed by atoms with Gasteiger partial charge in [0.25, 0.3) is 5.91 Å². The van der Waals surface area contributed by atoms with E-state index in [9.17, 15) is 9.59 Å². The number of aryl methyl sites for hydroxylation is 1. The van der Waals surface area contributed by atoms with Crippen LogP contribution in [0.15, 0.2) is 41.5 Å².